The van der Waals surface area contributed by atoms with Gasteiger partial charge >= 0.3 is 0 Å². The van der Waals surface area contributed by atoms with Crippen molar-refractivity contribution < 1.29 is 0 Å². The maximum Gasteiger partial charge on any atom is 0.129 e. The molecule has 2 nitrogen and oxygen atoms in total. The van der Waals surface area contributed by atoms with E-state index >= 15 is 0 Å². The van der Waals surface area contributed by atoms with E-state index in [0.29, 0.717) is 11.2 Å². The molecule has 88 valence electrons. The highest BCUT2D eigenvalue weighted by molar-refractivity contribution is 6.29. The maximum atomic E-state index is 5.77. The van der Waals surface area contributed by atoms with Crippen molar-refractivity contribution in [1.29, 1.82) is 0 Å². The average Bonchev–Trinajstić information content (AvgIpc) is 2.26. The highest BCUT2D eigenvalue weighted by Crippen LogP contribution is 2.31. The number of halogens is 1. The van der Waals surface area contributed by atoms with Gasteiger partial charge in [0.25, 0.3) is 0 Å². The zero-order valence-corrected chi connectivity index (χ0v) is 10.7. The molecule has 0 radical (unpaired) electrons. The summed E-state index contributed by atoms with van der Waals surface area (Å²) in [5.41, 5.74) is 1.08. The van der Waals surface area contributed by atoms with Crippen LogP contribution in [0.3, 0.4) is 0 Å². The molecule has 0 amide bonds. The fourth-order valence-corrected chi connectivity index (χ4v) is 2.73. The number of hydrogen-bond acceptors (Lipinski definition) is 2. The predicted octanol–water partition coefficient (Wildman–Crippen LogP) is 3.97. The van der Waals surface area contributed by atoms with Crippen molar-refractivity contribution >= 4 is 17.3 Å². The number of nitrogens with zero attached hydrogens (tertiary/aromatic N) is 1. The van der Waals surface area contributed by atoms with E-state index in [2.05, 4.69) is 24.1 Å². The molecule has 2 atom stereocenters. The van der Waals surface area contributed by atoms with Crippen LogP contribution in [0, 0.1) is 11.8 Å². The van der Waals surface area contributed by atoms with Crippen molar-refractivity contribution in [2.45, 2.75) is 39.2 Å². The van der Waals surface area contributed by atoms with Crippen molar-refractivity contribution in [2.24, 2.45) is 11.8 Å². The Bertz CT molecular complexity index is 326. The first-order valence-corrected chi connectivity index (χ1v) is 6.42. The predicted molar refractivity (Wildman–Crippen MR) is 68.8 cm³/mol. The molecule has 2 rings (SSSR count). The first-order valence-electron chi connectivity index (χ1n) is 6.05. The lowest BCUT2D eigenvalue weighted by molar-refractivity contribution is 0.268. The molecule has 1 saturated carbocycles. The lowest BCUT2D eigenvalue weighted by atomic mass is 9.78. The van der Waals surface area contributed by atoms with Crippen LogP contribution in [0.2, 0.25) is 5.15 Å². The second-order valence-corrected chi connectivity index (χ2v) is 5.31. The summed E-state index contributed by atoms with van der Waals surface area (Å²) in [5.74, 6) is 1.47. The fourth-order valence-electron chi connectivity index (χ4n) is 2.62. The molecule has 1 N–H and O–H groups in total. The van der Waals surface area contributed by atoms with Crippen molar-refractivity contribution in [1.82, 2.24) is 4.98 Å². The van der Waals surface area contributed by atoms with Crippen LogP contribution in [-0.4, -0.2) is 11.0 Å². The molecular weight excluding hydrogens is 220 g/mol. The number of aromatic nitrogens is 1. The monoisotopic (exact) mass is 238 g/mol. The summed E-state index contributed by atoms with van der Waals surface area (Å²) in [6, 6.07) is 4.41. The molecule has 16 heavy (non-hydrogen) atoms. The Balaban J connectivity index is 2.04. The van der Waals surface area contributed by atoms with E-state index in [4.69, 9.17) is 11.6 Å². The summed E-state index contributed by atoms with van der Waals surface area (Å²) in [6.45, 7) is 4.66. The molecule has 0 aromatic carbocycles. The lowest BCUT2D eigenvalue weighted by Crippen LogP contribution is -2.37. The zero-order valence-electron chi connectivity index (χ0n) is 9.91. The van der Waals surface area contributed by atoms with Crippen LogP contribution < -0.4 is 5.32 Å². The van der Waals surface area contributed by atoms with Gasteiger partial charge in [0.15, 0.2) is 0 Å². The SMILES string of the molecule is CC1CCCC(C)C1Nc1ccc(Cl)nc1. The van der Waals surface area contributed by atoms with Gasteiger partial charge in [-0.25, -0.2) is 4.98 Å². The van der Waals surface area contributed by atoms with Crippen LogP contribution in [0.5, 0.6) is 0 Å². The Morgan fingerprint density at radius 3 is 2.50 bits per heavy atom. The van der Waals surface area contributed by atoms with Gasteiger partial charge < -0.3 is 5.32 Å². The average molecular weight is 239 g/mol. The van der Waals surface area contributed by atoms with Crippen LogP contribution in [0.15, 0.2) is 18.3 Å². The van der Waals surface area contributed by atoms with E-state index in [1.54, 1.807) is 0 Å². The molecule has 0 spiro atoms. The summed E-state index contributed by atoms with van der Waals surface area (Å²) in [7, 11) is 0. The van der Waals surface area contributed by atoms with Crippen LogP contribution in [0.4, 0.5) is 5.69 Å². The van der Waals surface area contributed by atoms with Gasteiger partial charge in [0, 0.05) is 6.04 Å². The molecule has 2 unspecified atom stereocenters. The van der Waals surface area contributed by atoms with Crippen LogP contribution in [0.25, 0.3) is 0 Å². The highest BCUT2D eigenvalue weighted by Gasteiger charge is 2.27. The van der Waals surface area contributed by atoms with Crippen molar-refractivity contribution in [3.63, 3.8) is 0 Å². The molecule has 1 aromatic heterocycles. The van der Waals surface area contributed by atoms with E-state index in [9.17, 15) is 0 Å². The number of pyridine rings is 1. The quantitative estimate of drug-likeness (QED) is 0.789. The number of rotatable bonds is 2. The zero-order chi connectivity index (χ0) is 11.5. The minimum Gasteiger partial charge on any atom is -0.381 e. The Hall–Kier alpha value is -0.760. The molecule has 1 aromatic rings. The molecule has 0 saturated heterocycles. The molecule has 1 aliphatic rings. The van der Waals surface area contributed by atoms with Gasteiger partial charge in [0.1, 0.15) is 5.15 Å². The Morgan fingerprint density at radius 1 is 1.25 bits per heavy atom. The maximum absolute atomic E-state index is 5.77. The van der Waals surface area contributed by atoms with Crippen LogP contribution >= 0.6 is 11.6 Å². The van der Waals surface area contributed by atoms with E-state index in [-0.39, 0.29) is 0 Å². The van der Waals surface area contributed by atoms with Gasteiger partial charge in [0.05, 0.1) is 11.9 Å². The van der Waals surface area contributed by atoms with E-state index in [0.717, 1.165) is 17.5 Å². The standard InChI is InChI=1S/C13H19ClN2/c1-9-4-3-5-10(2)13(9)16-11-6-7-12(14)15-8-11/h6-10,13,16H,3-5H2,1-2H3. The first-order chi connectivity index (χ1) is 7.66. The van der Waals surface area contributed by atoms with Gasteiger partial charge in [-0.15, -0.1) is 0 Å². The first kappa shape index (κ1) is 11.7. The van der Waals surface area contributed by atoms with E-state index in [1.807, 2.05) is 18.3 Å². The second-order valence-electron chi connectivity index (χ2n) is 4.93. The molecular formula is C13H19ClN2. The van der Waals surface area contributed by atoms with E-state index in [1.165, 1.54) is 19.3 Å². The lowest BCUT2D eigenvalue weighted by Gasteiger charge is -2.35. The molecule has 0 aliphatic heterocycles. The van der Waals surface area contributed by atoms with Gasteiger partial charge in [0.2, 0.25) is 0 Å². The highest BCUT2D eigenvalue weighted by atomic mass is 35.5. The normalized spacial score (nSPS) is 30.1. The molecule has 1 aliphatic carbocycles. The minimum absolute atomic E-state index is 0.551. The Labute approximate surface area is 102 Å². The molecule has 1 heterocycles. The minimum atomic E-state index is 0.551. The van der Waals surface area contributed by atoms with Gasteiger partial charge in [-0.2, -0.15) is 0 Å². The number of nitrogens with one attached hydrogen (secondary N) is 1. The van der Waals surface area contributed by atoms with Crippen LogP contribution in [-0.2, 0) is 0 Å². The second kappa shape index (κ2) is 5.05. The Morgan fingerprint density at radius 2 is 1.94 bits per heavy atom. The number of anilines is 1. The van der Waals surface area contributed by atoms with Gasteiger partial charge in [-0.1, -0.05) is 31.9 Å². The number of hydrogen-bond donors (Lipinski definition) is 1. The summed E-state index contributed by atoms with van der Waals surface area (Å²) in [4.78, 5) is 4.10. The summed E-state index contributed by atoms with van der Waals surface area (Å²) < 4.78 is 0. The largest absolute Gasteiger partial charge is 0.381 e. The molecule has 3 heteroatoms. The molecule has 0 bridgehead atoms. The van der Waals surface area contributed by atoms with Gasteiger partial charge in [-0.05, 0) is 36.8 Å². The van der Waals surface area contributed by atoms with Gasteiger partial charge in [-0.3, -0.25) is 0 Å². The van der Waals surface area contributed by atoms with Crippen molar-refractivity contribution in [3.8, 4) is 0 Å². The van der Waals surface area contributed by atoms with E-state index < -0.39 is 0 Å². The smallest absolute Gasteiger partial charge is 0.129 e. The topological polar surface area (TPSA) is 24.9 Å². The third-order valence-corrected chi connectivity index (χ3v) is 3.83. The summed E-state index contributed by atoms with van der Waals surface area (Å²) >= 11 is 5.77. The van der Waals surface area contributed by atoms with Crippen LogP contribution in [0.1, 0.15) is 33.1 Å². The van der Waals surface area contributed by atoms with Crippen molar-refractivity contribution in [3.05, 3.63) is 23.5 Å². The summed E-state index contributed by atoms with van der Waals surface area (Å²) in [6.07, 6.45) is 5.82. The fraction of sp³-hybridized carbons (Fsp3) is 0.615. The Kier molecular flexibility index (Phi) is 3.70. The molecule has 1 fully saturated rings. The third kappa shape index (κ3) is 2.67. The third-order valence-electron chi connectivity index (χ3n) is 3.61. The summed E-state index contributed by atoms with van der Waals surface area (Å²) in [5, 5.41) is 4.14. The van der Waals surface area contributed by atoms with Crippen molar-refractivity contribution in [2.75, 3.05) is 5.32 Å².